The lowest BCUT2D eigenvalue weighted by Crippen LogP contribution is -2.54. The number of ketones is 1. The van der Waals surface area contributed by atoms with Crippen molar-refractivity contribution in [3.05, 3.63) is 0 Å². The molecule has 0 aromatic rings. The van der Waals surface area contributed by atoms with E-state index in [1.165, 1.54) is 78.2 Å². The first-order valence-electron chi connectivity index (χ1n) is 25.1. The van der Waals surface area contributed by atoms with Crippen molar-refractivity contribution in [1.82, 2.24) is 51.5 Å². The van der Waals surface area contributed by atoms with Crippen LogP contribution in [-0.2, 0) is 9.59 Å². The molecule has 8 saturated heterocycles. The Morgan fingerprint density at radius 2 is 1.13 bits per heavy atom. The summed E-state index contributed by atoms with van der Waals surface area (Å²) in [4.78, 5) is 33.2. The average Bonchev–Trinajstić information content (AvgIpc) is 3.78. The third-order valence-corrected chi connectivity index (χ3v) is 15.0. The molecule has 0 saturated carbocycles. The quantitative estimate of drug-likeness (QED) is 0.212. The summed E-state index contributed by atoms with van der Waals surface area (Å²) in [6, 6.07) is 0.740. The van der Waals surface area contributed by atoms with Gasteiger partial charge in [-0.1, -0.05) is 41.0 Å². The van der Waals surface area contributed by atoms with Crippen molar-refractivity contribution in [2.24, 2.45) is 11.3 Å². The lowest BCUT2D eigenvalue weighted by molar-refractivity contribution is -0.137. The summed E-state index contributed by atoms with van der Waals surface area (Å²) < 4.78 is 0. The van der Waals surface area contributed by atoms with Gasteiger partial charge in [0.25, 0.3) is 0 Å². The normalized spacial score (nSPS) is 26.9. The van der Waals surface area contributed by atoms with Crippen molar-refractivity contribution < 1.29 is 14.7 Å². The zero-order valence-corrected chi connectivity index (χ0v) is 40.0. The molecule has 60 heavy (non-hydrogen) atoms. The van der Waals surface area contributed by atoms with Crippen LogP contribution < -0.4 is 31.9 Å². The fourth-order valence-corrected chi connectivity index (χ4v) is 10.2. The van der Waals surface area contributed by atoms with Gasteiger partial charge in [-0.25, -0.2) is 0 Å². The van der Waals surface area contributed by atoms with Gasteiger partial charge in [0.15, 0.2) is 5.78 Å². The molecule has 8 rings (SSSR count). The number of aliphatic hydroxyl groups is 1. The Labute approximate surface area is 368 Å². The van der Waals surface area contributed by atoms with Crippen molar-refractivity contribution in [3.8, 4) is 0 Å². The highest BCUT2D eigenvalue weighted by Gasteiger charge is 2.48. The molecule has 0 aliphatic carbocycles. The molecule has 8 aliphatic heterocycles. The molecule has 1 unspecified atom stereocenters. The predicted octanol–water partition coefficient (Wildman–Crippen LogP) is 3.13. The van der Waals surface area contributed by atoms with Gasteiger partial charge in [-0.05, 0) is 156 Å². The highest BCUT2D eigenvalue weighted by atomic mass is 16.3. The number of Topliss-reactive ketones (excluding diaryl/α,β-unsaturated/α-hetero) is 1. The average molecular weight is 849 g/mol. The number of likely N-dealkylation sites (N-methyl/N-ethyl adjacent to an activating group) is 3. The summed E-state index contributed by atoms with van der Waals surface area (Å²) in [6.45, 7) is 38.4. The number of nitrogens with one attached hydrogen (secondary N) is 6. The number of piperidine rings is 4. The van der Waals surface area contributed by atoms with Gasteiger partial charge in [0.1, 0.15) is 0 Å². The highest BCUT2D eigenvalue weighted by Crippen LogP contribution is 2.39. The molecule has 0 bridgehead atoms. The largest absolute Gasteiger partial charge is 0.390 e. The third kappa shape index (κ3) is 17.0. The molecule has 0 aromatic heterocycles. The number of carbonyl (C=O) groups is 2. The third-order valence-electron chi connectivity index (χ3n) is 15.0. The molecule has 0 radical (unpaired) electrons. The minimum absolute atomic E-state index is 0.0290. The summed E-state index contributed by atoms with van der Waals surface area (Å²) >= 11 is 0. The van der Waals surface area contributed by atoms with Gasteiger partial charge < -0.3 is 46.8 Å². The van der Waals surface area contributed by atoms with Gasteiger partial charge in [0.2, 0.25) is 5.91 Å². The van der Waals surface area contributed by atoms with Crippen molar-refractivity contribution in [2.45, 2.75) is 143 Å². The van der Waals surface area contributed by atoms with E-state index in [0.29, 0.717) is 11.7 Å². The second-order valence-corrected chi connectivity index (χ2v) is 18.5. The van der Waals surface area contributed by atoms with Crippen molar-refractivity contribution in [2.75, 3.05) is 137 Å². The fourth-order valence-electron chi connectivity index (χ4n) is 10.2. The number of hydrogen-bond acceptors (Lipinski definition) is 12. The van der Waals surface area contributed by atoms with E-state index in [1.54, 1.807) is 0 Å². The van der Waals surface area contributed by atoms with E-state index in [2.05, 4.69) is 88.1 Å². The molecule has 0 aromatic carbocycles. The summed E-state index contributed by atoms with van der Waals surface area (Å²) in [7, 11) is 0. The molecule has 8 aliphatic rings. The number of piperazine rings is 2. The van der Waals surface area contributed by atoms with Crippen LogP contribution in [0.2, 0.25) is 0 Å². The number of carbonyl (C=O) groups excluding carboxylic acids is 2. The maximum atomic E-state index is 12.0. The molecule has 2 spiro atoms. The van der Waals surface area contributed by atoms with Crippen LogP contribution in [-0.4, -0.2) is 191 Å². The zero-order valence-electron chi connectivity index (χ0n) is 40.0. The van der Waals surface area contributed by atoms with Gasteiger partial charge in [-0.3, -0.25) is 19.4 Å². The second-order valence-electron chi connectivity index (χ2n) is 18.5. The van der Waals surface area contributed by atoms with Crippen molar-refractivity contribution >= 4 is 11.7 Å². The summed E-state index contributed by atoms with van der Waals surface area (Å²) in [5, 5.41) is 29.5. The predicted molar refractivity (Wildman–Crippen MR) is 251 cm³/mol. The Morgan fingerprint density at radius 1 is 0.583 bits per heavy atom. The molecule has 7 N–H and O–H groups in total. The Balaban J connectivity index is 0.000000195. The molecule has 8 heterocycles. The van der Waals surface area contributed by atoms with Crippen LogP contribution in [0.5, 0.6) is 0 Å². The molecule has 1 amide bonds. The number of hydrogen-bond donors (Lipinski definition) is 7. The molecular formula is C47H96N10O3. The van der Waals surface area contributed by atoms with Crippen LogP contribution in [0.3, 0.4) is 0 Å². The first-order chi connectivity index (χ1) is 29.1. The first kappa shape index (κ1) is 53.1. The van der Waals surface area contributed by atoms with Gasteiger partial charge in [-0.2, -0.15) is 0 Å². The van der Waals surface area contributed by atoms with Gasteiger partial charge in [0.05, 0.1) is 16.6 Å². The minimum atomic E-state index is -0.342. The molecular weight excluding hydrogens is 753 g/mol. The van der Waals surface area contributed by atoms with E-state index >= 15 is 0 Å². The zero-order chi connectivity index (χ0) is 43.7. The maximum absolute atomic E-state index is 12.0. The molecule has 13 nitrogen and oxygen atoms in total. The van der Waals surface area contributed by atoms with Crippen LogP contribution in [0.1, 0.15) is 126 Å². The van der Waals surface area contributed by atoms with Gasteiger partial charge in [0, 0.05) is 77.9 Å². The van der Waals surface area contributed by atoms with E-state index in [4.69, 9.17) is 0 Å². The Morgan fingerprint density at radius 3 is 1.57 bits per heavy atom. The number of rotatable bonds is 6. The van der Waals surface area contributed by atoms with Crippen LogP contribution in [0, 0.1) is 11.3 Å². The Bertz CT molecular complexity index is 1110. The maximum Gasteiger partial charge on any atom is 0.228 e. The van der Waals surface area contributed by atoms with Crippen LogP contribution in [0.15, 0.2) is 0 Å². The summed E-state index contributed by atoms with van der Waals surface area (Å²) in [5.74, 6) is 1.92. The smallest absolute Gasteiger partial charge is 0.228 e. The lowest BCUT2D eigenvalue weighted by atomic mass is 9.78. The minimum Gasteiger partial charge on any atom is -0.390 e. The van der Waals surface area contributed by atoms with Crippen LogP contribution in [0.4, 0.5) is 0 Å². The molecule has 8 fully saturated rings. The van der Waals surface area contributed by atoms with Crippen LogP contribution in [0.25, 0.3) is 0 Å². The highest BCUT2D eigenvalue weighted by molar-refractivity contribution is 5.90. The summed E-state index contributed by atoms with van der Waals surface area (Å²) in [5.41, 5.74) is -0.382. The van der Waals surface area contributed by atoms with E-state index in [1.807, 2.05) is 11.8 Å². The number of amides is 1. The van der Waals surface area contributed by atoms with Crippen molar-refractivity contribution in [3.63, 3.8) is 0 Å². The monoisotopic (exact) mass is 849 g/mol. The number of nitrogens with zero attached hydrogens (tertiary/aromatic N) is 4. The Kier molecular flexibility index (Phi) is 25.9. The van der Waals surface area contributed by atoms with E-state index in [-0.39, 0.29) is 16.6 Å². The molecule has 13 heteroatoms. The molecule has 352 valence electrons. The van der Waals surface area contributed by atoms with Crippen molar-refractivity contribution in [1.29, 1.82) is 0 Å². The summed E-state index contributed by atoms with van der Waals surface area (Å²) in [6.07, 6.45) is 12.9. The first-order valence-corrected chi connectivity index (χ1v) is 25.1. The SMILES string of the molecule is CCC1(O)CCNCC1.CCC1CCNCC1.CCN1CCC(=O)C12CCNCC2.CCN1CCC2(CCNCC2)C1=O.CCN1CCNCC1.CCN1CCNCC1C. The topological polar surface area (TPSA) is 140 Å². The fraction of sp³-hybridized carbons (Fsp3) is 0.957. The Hall–Kier alpha value is -1.26. The lowest BCUT2D eigenvalue weighted by Gasteiger charge is -2.39. The van der Waals surface area contributed by atoms with Gasteiger partial charge >= 0.3 is 0 Å². The van der Waals surface area contributed by atoms with Gasteiger partial charge in [-0.15, -0.1) is 0 Å². The van der Waals surface area contributed by atoms with E-state index in [0.717, 1.165) is 148 Å². The molecule has 1 atom stereocenters. The van der Waals surface area contributed by atoms with E-state index < -0.39 is 0 Å². The standard InChI is InChI=1S/2C10H18N2O.C7H16N2.C7H15NO.C7H15N.C6H14N2/c1-2-12-8-3-9(13)10(12)4-6-11-7-5-10;1-2-12-8-5-10(9(12)13)3-6-11-7-4-10;1-3-9-5-4-8-6-7(9)2;1-2-7(9)3-5-8-6-4-7;1-2-7-3-5-8-6-4-7;1-2-8-5-3-7-4-6-8/h2*11H,2-8H2,1H3;7-8H,3-6H2,1-2H3;8-9H,2-6H2,1H3;7-8H,2-6H2,1H3;7H,2-6H2,1H3. The van der Waals surface area contributed by atoms with E-state index in [9.17, 15) is 14.7 Å². The second kappa shape index (κ2) is 29.2. The number of likely N-dealkylation sites (tertiary alicyclic amines) is 2. The van der Waals surface area contributed by atoms with Crippen LogP contribution >= 0.6 is 0 Å².